The molecule has 1 fully saturated rings. The van der Waals surface area contributed by atoms with Crippen molar-refractivity contribution in [2.45, 2.75) is 31.9 Å². The molecule has 1 aliphatic heterocycles. The van der Waals surface area contributed by atoms with Crippen LogP contribution in [0.1, 0.15) is 30.1 Å². The third kappa shape index (κ3) is 4.46. The molecular weight excluding hydrogens is 274 g/mol. The Hall–Kier alpha value is -2.08. The highest BCUT2D eigenvalue weighted by molar-refractivity contribution is 5.94. The first-order chi connectivity index (χ1) is 10.1. The summed E-state index contributed by atoms with van der Waals surface area (Å²) >= 11 is 0. The van der Waals surface area contributed by atoms with Gasteiger partial charge in [0.05, 0.1) is 12.1 Å². The van der Waals surface area contributed by atoms with Crippen LogP contribution in [0.25, 0.3) is 0 Å². The Balaban J connectivity index is 1.95. The summed E-state index contributed by atoms with van der Waals surface area (Å²) < 4.78 is 10.6. The van der Waals surface area contributed by atoms with E-state index in [4.69, 9.17) is 14.6 Å². The van der Waals surface area contributed by atoms with Crippen LogP contribution in [0, 0.1) is 0 Å². The fraction of sp³-hybridized carbons (Fsp3) is 0.467. The fourth-order valence-corrected chi connectivity index (χ4v) is 2.25. The van der Waals surface area contributed by atoms with E-state index in [2.05, 4.69) is 5.32 Å². The molecule has 2 rings (SSSR count). The van der Waals surface area contributed by atoms with Gasteiger partial charge in [-0.15, -0.1) is 0 Å². The van der Waals surface area contributed by atoms with Crippen molar-refractivity contribution in [3.8, 4) is 5.75 Å². The van der Waals surface area contributed by atoms with Crippen LogP contribution >= 0.6 is 0 Å². The number of carboxylic acid groups (broad SMARTS) is 1. The molecule has 2 N–H and O–H groups in total. The number of benzene rings is 1. The Morgan fingerprint density at radius 3 is 3.00 bits per heavy atom. The van der Waals surface area contributed by atoms with Gasteiger partial charge >= 0.3 is 5.97 Å². The summed E-state index contributed by atoms with van der Waals surface area (Å²) in [5.74, 6) is -0.926. The molecule has 0 aliphatic carbocycles. The molecule has 1 aromatic rings. The van der Waals surface area contributed by atoms with E-state index in [1.54, 1.807) is 18.2 Å². The van der Waals surface area contributed by atoms with Crippen LogP contribution in [0.2, 0.25) is 0 Å². The Kier molecular flexibility index (Phi) is 5.16. The number of hydrogen-bond donors (Lipinski definition) is 2. The Morgan fingerprint density at radius 2 is 2.33 bits per heavy atom. The summed E-state index contributed by atoms with van der Waals surface area (Å²) in [7, 11) is 0. The molecule has 2 atom stereocenters. The predicted octanol–water partition coefficient (Wildman–Crippen LogP) is 1.45. The number of hydrogen-bond acceptors (Lipinski definition) is 4. The maximum Gasteiger partial charge on any atom is 0.341 e. The molecular formula is C15H19NO5. The zero-order valence-electron chi connectivity index (χ0n) is 11.9. The van der Waals surface area contributed by atoms with Crippen LogP contribution in [0.4, 0.5) is 0 Å². The van der Waals surface area contributed by atoms with Gasteiger partial charge < -0.3 is 19.9 Å². The molecule has 0 radical (unpaired) electrons. The van der Waals surface area contributed by atoms with Gasteiger partial charge in [-0.05, 0) is 38.0 Å². The van der Waals surface area contributed by atoms with Gasteiger partial charge in [-0.2, -0.15) is 0 Å². The molecule has 0 bridgehead atoms. The third-order valence-electron chi connectivity index (χ3n) is 3.34. The van der Waals surface area contributed by atoms with Gasteiger partial charge in [0, 0.05) is 12.2 Å². The van der Waals surface area contributed by atoms with Crippen molar-refractivity contribution < 1.29 is 24.2 Å². The van der Waals surface area contributed by atoms with E-state index in [9.17, 15) is 9.59 Å². The van der Waals surface area contributed by atoms with Crippen molar-refractivity contribution in [2.24, 2.45) is 0 Å². The van der Waals surface area contributed by atoms with Crippen LogP contribution in [0.5, 0.6) is 5.75 Å². The van der Waals surface area contributed by atoms with Gasteiger partial charge in [-0.25, -0.2) is 4.79 Å². The number of rotatable bonds is 6. The van der Waals surface area contributed by atoms with Crippen molar-refractivity contribution in [1.82, 2.24) is 5.32 Å². The number of carboxylic acids is 1. The first kappa shape index (κ1) is 15.3. The number of aliphatic carboxylic acids is 1. The molecule has 6 nitrogen and oxygen atoms in total. The van der Waals surface area contributed by atoms with E-state index in [0.717, 1.165) is 19.4 Å². The molecule has 2 unspecified atom stereocenters. The minimum atomic E-state index is -1.06. The number of ether oxygens (including phenoxy) is 2. The molecule has 0 saturated carbocycles. The molecule has 6 heteroatoms. The zero-order chi connectivity index (χ0) is 15.2. The number of carbonyl (C=O) groups excluding carboxylic acids is 1. The predicted molar refractivity (Wildman–Crippen MR) is 75.5 cm³/mol. The highest BCUT2D eigenvalue weighted by Gasteiger charge is 2.24. The second-order valence-electron chi connectivity index (χ2n) is 5.02. The van der Waals surface area contributed by atoms with Gasteiger partial charge in [-0.1, -0.05) is 6.07 Å². The molecule has 1 saturated heterocycles. The van der Waals surface area contributed by atoms with Gasteiger partial charge in [0.1, 0.15) is 5.75 Å². The van der Waals surface area contributed by atoms with E-state index in [-0.39, 0.29) is 18.1 Å². The lowest BCUT2D eigenvalue weighted by molar-refractivity contribution is -0.139. The second kappa shape index (κ2) is 7.08. The standard InChI is InChI=1S/C15H19NO5/c1-10(13-6-3-7-20-13)16-15(19)11-4-2-5-12(8-11)21-9-14(17)18/h2,4-5,8,10,13H,3,6-7,9H2,1H3,(H,16,19)(H,17,18). The zero-order valence-corrected chi connectivity index (χ0v) is 11.9. The lowest BCUT2D eigenvalue weighted by atomic mass is 10.1. The molecule has 114 valence electrons. The highest BCUT2D eigenvalue weighted by atomic mass is 16.5. The van der Waals surface area contributed by atoms with E-state index in [1.165, 1.54) is 6.07 Å². The summed E-state index contributed by atoms with van der Waals surface area (Å²) in [5, 5.41) is 11.5. The maximum atomic E-state index is 12.2. The van der Waals surface area contributed by atoms with Crippen LogP contribution in [-0.2, 0) is 9.53 Å². The Morgan fingerprint density at radius 1 is 1.52 bits per heavy atom. The number of carbonyl (C=O) groups is 2. The van der Waals surface area contributed by atoms with Crippen molar-refractivity contribution in [3.05, 3.63) is 29.8 Å². The normalized spacial score (nSPS) is 19.0. The summed E-state index contributed by atoms with van der Waals surface area (Å²) in [6, 6.07) is 6.39. The van der Waals surface area contributed by atoms with Gasteiger partial charge in [0.15, 0.2) is 6.61 Å². The minimum Gasteiger partial charge on any atom is -0.482 e. The summed E-state index contributed by atoms with van der Waals surface area (Å²) in [6.45, 7) is 2.22. The quantitative estimate of drug-likeness (QED) is 0.829. The van der Waals surface area contributed by atoms with Crippen LogP contribution in [0.3, 0.4) is 0 Å². The molecule has 1 amide bonds. The topological polar surface area (TPSA) is 84.9 Å². The van der Waals surface area contributed by atoms with Crippen molar-refractivity contribution in [1.29, 1.82) is 0 Å². The molecule has 1 aliphatic rings. The molecule has 0 aromatic heterocycles. The first-order valence-corrected chi connectivity index (χ1v) is 6.93. The highest BCUT2D eigenvalue weighted by Crippen LogP contribution is 2.17. The summed E-state index contributed by atoms with van der Waals surface area (Å²) in [6.07, 6.45) is 2.02. The second-order valence-corrected chi connectivity index (χ2v) is 5.02. The minimum absolute atomic E-state index is 0.0559. The average Bonchev–Trinajstić information content (AvgIpc) is 2.99. The summed E-state index contributed by atoms with van der Waals surface area (Å²) in [4.78, 5) is 22.6. The lowest BCUT2D eigenvalue weighted by Crippen LogP contribution is -2.40. The van der Waals surface area contributed by atoms with Crippen molar-refractivity contribution >= 4 is 11.9 Å². The van der Waals surface area contributed by atoms with Gasteiger partial charge in [0.25, 0.3) is 5.91 Å². The van der Waals surface area contributed by atoms with Gasteiger partial charge in [-0.3, -0.25) is 4.79 Å². The lowest BCUT2D eigenvalue weighted by Gasteiger charge is -2.20. The molecule has 1 heterocycles. The Labute approximate surface area is 123 Å². The maximum absolute atomic E-state index is 12.2. The summed E-state index contributed by atoms with van der Waals surface area (Å²) in [5.41, 5.74) is 0.433. The Bertz CT molecular complexity index is 511. The monoisotopic (exact) mass is 293 g/mol. The SMILES string of the molecule is CC(NC(=O)c1cccc(OCC(=O)O)c1)C1CCCO1. The smallest absolute Gasteiger partial charge is 0.341 e. The fourth-order valence-electron chi connectivity index (χ4n) is 2.25. The number of nitrogens with one attached hydrogen (secondary N) is 1. The van der Waals surface area contributed by atoms with E-state index >= 15 is 0 Å². The first-order valence-electron chi connectivity index (χ1n) is 6.93. The van der Waals surface area contributed by atoms with Crippen molar-refractivity contribution in [3.63, 3.8) is 0 Å². The average molecular weight is 293 g/mol. The van der Waals surface area contributed by atoms with E-state index in [1.807, 2.05) is 6.92 Å². The van der Waals surface area contributed by atoms with Gasteiger partial charge in [0.2, 0.25) is 0 Å². The van der Waals surface area contributed by atoms with E-state index < -0.39 is 12.6 Å². The third-order valence-corrected chi connectivity index (χ3v) is 3.34. The van der Waals surface area contributed by atoms with Crippen LogP contribution < -0.4 is 10.1 Å². The van der Waals surface area contributed by atoms with Crippen LogP contribution in [-0.4, -0.2) is 42.3 Å². The molecule has 21 heavy (non-hydrogen) atoms. The molecule has 0 spiro atoms. The number of amides is 1. The van der Waals surface area contributed by atoms with Crippen LogP contribution in [0.15, 0.2) is 24.3 Å². The largest absolute Gasteiger partial charge is 0.482 e. The van der Waals surface area contributed by atoms with Crippen molar-refractivity contribution in [2.75, 3.05) is 13.2 Å². The van der Waals surface area contributed by atoms with E-state index in [0.29, 0.717) is 11.3 Å². The molecule has 1 aromatic carbocycles.